The van der Waals surface area contributed by atoms with Crippen LogP contribution in [0.2, 0.25) is 0 Å². The van der Waals surface area contributed by atoms with E-state index < -0.39 is 5.97 Å². The fourth-order valence-corrected chi connectivity index (χ4v) is 4.43. The molecule has 0 atom stereocenters. The number of amides is 1. The predicted octanol–water partition coefficient (Wildman–Crippen LogP) is 2.52. The number of carboxylic acids is 1. The molecular formula is C21H25N3O3. The minimum atomic E-state index is -0.930. The number of hydrogen-bond acceptors (Lipinski definition) is 4. The van der Waals surface area contributed by atoms with Crippen LogP contribution in [0.25, 0.3) is 10.9 Å². The highest BCUT2D eigenvalue weighted by Crippen LogP contribution is 2.40. The molecule has 0 radical (unpaired) electrons. The van der Waals surface area contributed by atoms with Crippen LogP contribution in [0, 0.1) is 5.41 Å². The fourth-order valence-electron chi connectivity index (χ4n) is 4.43. The largest absolute Gasteiger partial charge is 0.480 e. The van der Waals surface area contributed by atoms with Crippen LogP contribution < -0.4 is 0 Å². The van der Waals surface area contributed by atoms with Crippen LogP contribution in [-0.2, 0) is 16.1 Å². The Morgan fingerprint density at radius 1 is 1.11 bits per heavy atom. The first kappa shape index (κ1) is 17.9. The van der Waals surface area contributed by atoms with Crippen molar-refractivity contribution in [3.63, 3.8) is 0 Å². The summed E-state index contributed by atoms with van der Waals surface area (Å²) in [6.45, 7) is 3.16. The Morgan fingerprint density at radius 2 is 1.89 bits per heavy atom. The van der Waals surface area contributed by atoms with E-state index in [4.69, 9.17) is 10.1 Å². The molecule has 27 heavy (non-hydrogen) atoms. The zero-order valence-corrected chi connectivity index (χ0v) is 15.4. The van der Waals surface area contributed by atoms with Crippen molar-refractivity contribution in [2.45, 2.75) is 32.2 Å². The Labute approximate surface area is 158 Å². The number of hydrogen-bond donors (Lipinski definition) is 1. The molecule has 1 amide bonds. The van der Waals surface area contributed by atoms with E-state index in [1.807, 2.05) is 18.2 Å². The van der Waals surface area contributed by atoms with Gasteiger partial charge in [-0.25, -0.2) is 0 Å². The fraction of sp³-hybridized carbons (Fsp3) is 0.476. The van der Waals surface area contributed by atoms with Crippen LogP contribution >= 0.6 is 0 Å². The van der Waals surface area contributed by atoms with Crippen molar-refractivity contribution >= 4 is 22.8 Å². The Bertz CT molecular complexity index is 859. The minimum Gasteiger partial charge on any atom is -0.480 e. The van der Waals surface area contributed by atoms with E-state index in [0.29, 0.717) is 13.0 Å². The highest BCUT2D eigenvalue weighted by molar-refractivity contribution is 5.82. The van der Waals surface area contributed by atoms with Crippen molar-refractivity contribution in [2.24, 2.45) is 5.41 Å². The van der Waals surface area contributed by atoms with Crippen molar-refractivity contribution < 1.29 is 14.7 Å². The van der Waals surface area contributed by atoms with Crippen molar-refractivity contribution in [1.29, 1.82) is 0 Å². The van der Waals surface area contributed by atoms with Crippen molar-refractivity contribution in [3.05, 3.63) is 42.1 Å². The average Bonchev–Trinajstić information content (AvgIpc) is 2.66. The molecule has 1 aromatic carbocycles. The number of carbonyl (C=O) groups excluding carboxylic acids is 1. The summed E-state index contributed by atoms with van der Waals surface area (Å²) in [4.78, 5) is 31.8. The molecule has 142 valence electrons. The maximum Gasteiger partial charge on any atom is 0.323 e. The number of pyridine rings is 1. The van der Waals surface area contributed by atoms with Gasteiger partial charge in [-0.1, -0.05) is 24.3 Å². The second-order valence-corrected chi connectivity index (χ2v) is 7.91. The molecule has 2 aliphatic rings. The number of aliphatic carboxylic acids is 1. The summed E-state index contributed by atoms with van der Waals surface area (Å²) < 4.78 is 0. The Kier molecular flexibility index (Phi) is 4.83. The monoisotopic (exact) mass is 367 g/mol. The summed E-state index contributed by atoms with van der Waals surface area (Å²) in [7, 11) is 0. The SMILES string of the molecule is O=C(O)CN1CC2(CCC1=O)CCN(Cc1ccc3ccccc3n1)CC2. The lowest BCUT2D eigenvalue weighted by atomic mass is 9.72. The number of fused-ring (bicyclic) bond motifs is 1. The van der Waals surface area contributed by atoms with Crippen LogP contribution in [0.4, 0.5) is 0 Å². The van der Waals surface area contributed by atoms with Crippen molar-refractivity contribution in [2.75, 3.05) is 26.2 Å². The molecule has 1 spiro atoms. The zero-order chi connectivity index (χ0) is 18.9. The number of rotatable bonds is 4. The van der Waals surface area contributed by atoms with Gasteiger partial charge in [0.05, 0.1) is 11.2 Å². The van der Waals surface area contributed by atoms with E-state index in [2.05, 4.69) is 23.1 Å². The first-order valence-electron chi connectivity index (χ1n) is 9.60. The summed E-state index contributed by atoms with van der Waals surface area (Å²) in [5.74, 6) is -0.953. The lowest BCUT2D eigenvalue weighted by Gasteiger charge is -2.47. The van der Waals surface area contributed by atoms with E-state index in [-0.39, 0.29) is 17.9 Å². The van der Waals surface area contributed by atoms with E-state index >= 15 is 0 Å². The van der Waals surface area contributed by atoms with Crippen molar-refractivity contribution in [3.8, 4) is 0 Å². The molecule has 6 nitrogen and oxygen atoms in total. The normalized spacial score (nSPS) is 20.3. The molecule has 3 heterocycles. The van der Waals surface area contributed by atoms with Gasteiger partial charge in [0, 0.05) is 24.9 Å². The lowest BCUT2D eigenvalue weighted by molar-refractivity contribution is -0.149. The van der Waals surface area contributed by atoms with Gasteiger partial charge in [0.2, 0.25) is 5.91 Å². The molecule has 0 aliphatic carbocycles. The third kappa shape index (κ3) is 3.95. The van der Waals surface area contributed by atoms with E-state index in [1.54, 1.807) is 0 Å². The van der Waals surface area contributed by atoms with E-state index in [9.17, 15) is 9.59 Å². The quantitative estimate of drug-likeness (QED) is 0.899. The first-order valence-corrected chi connectivity index (χ1v) is 9.60. The summed E-state index contributed by atoms with van der Waals surface area (Å²) in [5.41, 5.74) is 2.19. The number of carbonyl (C=O) groups is 2. The smallest absolute Gasteiger partial charge is 0.323 e. The Balaban J connectivity index is 1.38. The van der Waals surface area contributed by atoms with Gasteiger partial charge in [0.15, 0.2) is 0 Å². The molecule has 4 rings (SSSR count). The maximum atomic E-state index is 12.0. The van der Waals surface area contributed by atoms with Crippen LogP contribution in [0.1, 0.15) is 31.4 Å². The second-order valence-electron chi connectivity index (χ2n) is 7.91. The summed E-state index contributed by atoms with van der Waals surface area (Å²) in [5, 5.41) is 10.2. The summed E-state index contributed by atoms with van der Waals surface area (Å²) >= 11 is 0. The lowest BCUT2D eigenvalue weighted by Crippen LogP contribution is -2.52. The number of benzene rings is 1. The summed E-state index contributed by atoms with van der Waals surface area (Å²) in [6.07, 6.45) is 3.36. The topological polar surface area (TPSA) is 73.7 Å². The van der Waals surface area contributed by atoms with Gasteiger partial charge < -0.3 is 10.0 Å². The van der Waals surface area contributed by atoms with Crippen LogP contribution in [0.3, 0.4) is 0 Å². The molecule has 0 saturated carbocycles. The molecule has 1 N–H and O–H groups in total. The van der Waals surface area contributed by atoms with Gasteiger partial charge >= 0.3 is 5.97 Å². The molecule has 0 unspecified atom stereocenters. The Morgan fingerprint density at radius 3 is 2.67 bits per heavy atom. The standard InChI is InChI=1S/C21H25N3O3/c25-19-7-8-21(15-24(19)14-20(26)27)9-11-23(12-10-21)13-17-6-5-16-3-1-2-4-18(16)22-17/h1-6H,7-15H2,(H,26,27). The third-order valence-electron chi connectivity index (χ3n) is 6.03. The van der Waals surface area contributed by atoms with Crippen LogP contribution in [-0.4, -0.2) is 57.9 Å². The molecule has 1 aromatic heterocycles. The molecule has 2 aromatic rings. The number of nitrogens with zero attached hydrogens (tertiary/aromatic N) is 3. The highest BCUT2D eigenvalue weighted by atomic mass is 16.4. The van der Waals surface area contributed by atoms with Gasteiger partial charge in [0.25, 0.3) is 0 Å². The van der Waals surface area contributed by atoms with Crippen LogP contribution in [0.5, 0.6) is 0 Å². The minimum absolute atomic E-state index is 0.0224. The summed E-state index contributed by atoms with van der Waals surface area (Å²) in [6, 6.07) is 12.4. The first-order chi connectivity index (χ1) is 13.0. The molecule has 2 fully saturated rings. The van der Waals surface area contributed by atoms with Gasteiger partial charge in [-0.05, 0) is 49.9 Å². The van der Waals surface area contributed by atoms with Gasteiger partial charge in [-0.3, -0.25) is 19.5 Å². The van der Waals surface area contributed by atoms with Gasteiger partial charge in [-0.2, -0.15) is 0 Å². The third-order valence-corrected chi connectivity index (χ3v) is 6.03. The highest BCUT2D eigenvalue weighted by Gasteiger charge is 2.41. The van der Waals surface area contributed by atoms with Crippen LogP contribution in [0.15, 0.2) is 36.4 Å². The molecule has 2 aliphatic heterocycles. The number of piperidine rings is 2. The van der Waals surface area contributed by atoms with Gasteiger partial charge in [-0.15, -0.1) is 0 Å². The Hall–Kier alpha value is -2.47. The molecule has 0 bridgehead atoms. The average molecular weight is 367 g/mol. The maximum absolute atomic E-state index is 12.0. The number of para-hydroxylation sites is 1. The number of carboxylic acid groups (broad SMARTS) is 1. The van der Waals surface area contributed by atoms with E-state index in [1.165, 1.54) is 4.90 Å². The van der Waals surface area contributed by atoms with E-state index in [0.717, 1.165) is 55.5 Å². The zero-order valence-electron chi connectivity index (χ0n) is 15.4. The molecule has 6 heteroatoms. The second kappa shape index (κ2) is 7.27. The molecule has 2 saturated heterocycles. The van der Waals surface area contributed by atoms with Gasteiger partial charge in [0.1, 0.15) is 6.54 Å². The molecular weight excluding hydrogens is 342 g/mol. The number of likely N-dealkylation sites (tertiary alicyclic amines) is 2. The predicted molar refractivity (Wildman–Crippen MR) is 102 cm³/mol. The van der Waals surface area contributed by atoms with Crippen molar-refractivity contribution in [1.82, 2.24) is 14.8 Å². The number of aromatic nitrogens is 1.